The van der Waals surface area contributed by atoms with Crippen LogP contribution >= 0.6 is 0 Å². The Morgan fingerprint density at radius 1 is 0.833 bits per heavy atom. The Kier molecular flexibility index (Phi) is 2.84. The number of hydrogen-bond acceptors (Lipinski definition) is 2. The zero-order chi connectivity index (χ0) is 9.14. The molecule has 0 aliphatic carbocycles. The predicted octanol–water partition coefficient (Wildman–Crippen LogP) is 1.79. The van der Waals surface area contributed by atoms with Crippen molar-refractivity contribution in [1.29, 1.82) is 0 Å². The third kappa shape index (κ3) is 2.06. The molecule has 1 aromatic carbocycles. The Balaban J connectivity index is 2.86. The maximum atomic E-state index is 9.19. The molecule has 0 amide bonds. The minimum Gasteiger partial charge on any atom is -0.389 e. The SMILES string of the molecule is C[C@@H](O)c1ccc([C@@H](C)O)cc1. The van der Waals surface area contributed by atoms with E-state index in [0.717, 1.165) is 11.1 Å². The largest absolute Gasteiger partial charge is 0.389 e. The van der Waals surface area contributed by atoms with Gasteiger partial charge >= 0.3 is 0 Å². The summed E-state index contributed by atoms with van der Waals surface area (Å²) in [5.41, 5.74) is 1.75. The molecule has 0 aliphatic heterocycles. The van der Waals surface area contributed by atoms with Crippen molar-refractivity contribution in [2.45, 2.75) is 26.1 Å². The van der Waals surface area contributed by atoms with Crippen LogP contribution in [0.4, 0.5) is 0 Å². The molecular formula is C10H14O2. The molecule has 1 aromatic rings. The van der Waals surface area contributed by atoms with E-state index in [9.17, 15) is 10.2 Å². The molecule has 0 aliphatic rings. The molecule has 2 N–H and O–H groups in total. The Morgan fingerprint density at radius 2 is 1.08 bits per heavy atom. The van der Waals surface area contributed by atoms with Gasteiger partial charge in [-0.25, -0.2) is 0 Å². The van der Waals surface area contributed by atoms with Crippen LogP contribution in [0.25, 0.3) is 0 Å². The summed E-state index contributed by atoms with van der Waals surface area (Å²) in [6, 6.07) is 7.30. The zero-order valence-electron chi connectivity index (χ0n) is 7.36. The van der Waals surface area contributed by atoms with Crippen molar-refractivity contribution < 1.29 is 10.2 Å². The summed E-state index contributed by atoms with van der Waals surface area (Å²) in [5.74, 6) is 0. The van der Waals surface area contributed by atoms with Gasteiger partial charge in [-0.2, -0.15) is 0 Å². The highest BCUT2D eigenvalue weighted by molar-refractivity contribution is 5.24. The second-order valence-corrected chi connectivity index (χ2v) is 3.02. The highest BCUT2D eigenvalue weighted by Gasteiger charge is 2.02. The monoisotopic (exact) mass is 166 g/mol. The van der Waals surface area contributed by atoms with Crippen LogP contribution in [0.2, 0.25) is 0 Å². The first-order chi connectivity index (χ1) is 5.61. The highest BCUT2D eigenvalue weighted by atomic mass is 16.3. The van der Waals surface area contributed by atoms with E-state index < -0.39 is 12.2 Å². The lowest BCUT2D eigenvalue weighted by Gasteiger charge is -2.07. The molecule has 2 nitrogen and oxygen atoms in total. The molecule has 1 rings (SSSR count). The van der Waals surface area contributed by atoms with Crippen molar-refractivity contribution >= 4 is 0 Å². The summed E-state index contributed by atoms with van der Waals surface area (Å²) in [4.78, 5) is 0. The van der Waals surface area contributed by atoms with Crippen LogP contribution in [0.1, 0.15) is 37.2 Å². The Morgan fingerprint density at radius 3 is 1.25 bits per heavy atom. The molecule has 0 spiro atoms. The topological polar surface area (TPSA) is 40.5 Å². The molecule has 0 saturated carbocycles. The summed E-state index contributed by atoms with van der Waals surface area (Å²) in [7, 11) is 0. The molecule has 0 heterocycles. The van der Waals surface area contributed by atoms with Gasteiger partial charge in [-0.3, -0.25) is 0 Å². The Hall–Kier alpha value is -0.860. The number of aliphatic hydroxyl groups excluding tert-OH is 2. The second-order valence-electron chi connectivity index (χ2n) is 3.02. The van der Waals surface area contributed by atoms with Crippen molar-refractivity contribution in [3.8, 4) is 0 Å². The maximum Gasteiger partial charge on any atom is 0.0761 e. The normalized spacial score (nSPS) is 15.7. The van der Waals surface area contributed by atoms with Crippen LogP contribution in [-0.2, 0) is 0 Å². The third-order valence-corrected chi connectivity index (χ3v) is 1.90. The van der Waals surface area contributed by atoms with E-state index in [4.69, 9.17) is 0 Å². The molecule has 0 radical (unpaired) electrons. The number of hydrogen-bond donors (Lipinski definition) is 2. The van der Waals surface area contributed by atoms with E-state index in [1.165, 1.54) is 0 Å². The summed E-state index contributed by atoms with van der Waals surface area (Å²) in [6.45, 7) is 3.44. The fourth-order valence-corrected chi connectivity index (χ4v) is 1.05. The van der Waals surface area contributed by atoms with Gasteiger partial charge in [0.25, 0.3) is 0 Å². The zero-order valence-corrected chi connectivity index (χ0v) is 7.36. The van der Waals surface area contributed by atoms with E-state index in [1.807, 2.05) is 24.3 Å². The van der Waals surface area contributed by atoms with Crippen LogP contribution in [0.3, 0.4) is 0 Å². The third-order valence-electron chi connectivity index (χ3n) is 1.90. The van der Waals surface area contributed by atoms with Gasteiger partial charge in [-0.05, 0) is 25.0 Å². The van der Waals surface area contributed by atoms with Gasteiger partial charge in [0.1, 0.15) is 0 Å². The summed E-state index contributed by atoms with van der Waals surface area (Å²) < 4.78 is 0. The lowest BCUT2D eigenvalue weighted by Crippen LogP contribution is -1.94. The van der Waals surface area contributed by atoms with Gasteiger partial charge in [0.15, 0.2) is 0 Å². The molecule has 0 fully saturated rings. The lowest BCUT2D eigenvalue weighted by atomic mass is 10.1. The summed E-state index contributed by atoms with van der Waals surface area (Å²) >= 11 is 0. The first-order valence-corrected chi connectivity index (χ1v) is 4.07. The van der Waals surface area contributed by atoms with E-state index in [1.54, 1.807) is 13.8 Å². The standard InChI is InChI=1S/C10H14O2/c1-7(11)9-3-5-10(6-4-9)8(2)12/h3-8,11-12H,1-2H3/t7-,8-/m1/s1. The smallest absolute Gasteiger partial charge is 0.0761 e. The molecule has 2 atom stereocenters. The second kappa shape index (κ2) is 3.70. The van der Waals surface area contributed by atoms with Crippen LogP contribution in [0.15, 0.2) is 24.3 Å². The number of aliphatic hydroxyl groups is 2. The quantitative estimate of drug-likeness (QED) is 0.703. The van der Waals surface area contributed by atoms with Gasteiger partial charge in [-0.1, -0.05) is 24.3 Å². The summed E-state index contributed by atoms with van der Waals surface area (Å²) in [6.07, 6.45) is -0.874. The minimum atomic E-state index is -0.437. The Labute approximate surface area is 72.5 Å². The minimum absolute atomic E-state index is 0.437. The Bertz CT molecular complexity index is 210. The van der Waals surface area contributed by atoms with Crippen molar-refractivity contribution in [2.24, 2.45) is 0 Å². The van der Waals surface area contributed by atoms with Crippen molar-refractivity contribution in [1.82, 2.24) is 0 Å². The van der Waals surface area contributed by atoms with Gasteiger partial charge in [0.2, 0.25) is 0 Å². The molecule has 12 heavy (non-hydrogen) atoms. The molecule has 0 bridgehead atoms. The molecule has 2 heteroatoms. The van der Waals surface area contributed by atoms with Crippen LogP contribution in [0.5, 0.6) is 0 Å². The van der Waals surface area contributed by atoms with E-state index in [-0.39, 0.29) is 0 Å². The first-order valence-electron chi connectivity index (χ1n) is 4.07. The van der Waals surface area contributed by atoms with E-state index in [0.29, 0.717) is 0 Å². The average Bonchev–Trinajstić information content (AvgIpc) is 2.04. The molecule has 0 saturated heterocycles. The molecule has 66 valence electrons. The molecule has 0 aromatic heterocycles. The predicted molar refractivity (Wildman–Crippen MR) is 47.7 cm³/mol. The van der Waals surface area contributed by atoms with Gasteiger partial charge in [-0.15, -0.1) is 0 Å². The van der Waals surface area contributed by atoms with Gasteiger partial charge in [0, 0.05) is 0 Å². The maximum absolute atomic E-state index is 9.19. The van der Waals surface area contributed by atoms with Crippen molar-refractivity contribution in [3.05, 3.63) is 35.4 Å². The highest BCUT2D eigenvalue weighted by Crippen LogP contribution is 2.16. The van der Waals surface area contributed by atoms with Crippen molar-refractivity contribution in [3.63, 3.8) is 0 Å². The van der Waals surface area contributed by atoms with E-state index >= 15 is 0 Å². The first kappa shape index (κ1) is 9.23. The van der Waals surface area contributed by atoms with Gasteiger partial charge < -0.3 is 10.2 Å². The van der Waals surface area contributed by atoms with Gasteiger partial charge in [0.05, 0.1) is 12.2 Å². The number of rotatable bonds is 2. The average molecular weight is 166 g/mol. The fraction of sp³-hybridized carbons (Fsp3) is 0.400. The van der Waals surface area contributed by atoms with E-state index in [2.05, 4.69) is 0 Å². The fourth-order valence-electron chi connectivity index (χ4n) is 1.05. The molecular weight excluding hydrogens is 152 g/mol. The van der Waals surface area contributed by atoms with Crippen LogP contribution in [-0.4, -0.2) is 10.2 Å². The van der Waals surface area contributed by atoms with Crippen LogP contribution in [0, 0.1) is 0 Å². The molecule has 0 unspecified atom stereocenters. The summed E-state index contributed by atoms with van der Waals surface area (Å²) in [5, 5.41) is 18.4. The number of benzene rings is 1. The van der Waals surface area contributed by atoms with Crippen LogP contribution < -0.4 is 0 Å². The van der Waals surface area contributed by atoms with Crippen molar-refractivity contribution in [2.75, 3.05) is 0 Å². The lowest BCUT2D eigenvalue weighted by molar-refractivity contribution is 0.195.